The minimum Gasteiger partial charge on any atom is -0.268 e. The van der Waals surface area contributed by atoms with Gasteiger partial charge in [0.15, 0.2) is 0 Å². The standard InChI is InChI=1S/C9H20N4/c10-12-6-2-1-4-8(12)9-5-3-7-13(9)11/h8-9H,1-7,10-11H2. The molecule has 0 aromatic rings. The van der Waals surface area contributed by atoms with Gasteiger partial charge in [0.1, 0.15) is 0 Å². The first-order valence-corrected chi connectivity index (χ1v) is 5.32. The van der Waals surface area contributed by atoms with Crippen molar-refractivity contribution in [3.05, 3.63) is 0 Å². The molecule has 4 N–H and O–H groups in total. The lowest BCUT2D eigenvalue weighted by molar-refractivity contribution is 0.0723. The predicted octanol–water partition coefficient (Wildman–Crippen LogP) is 0.0527. The third-order valence-electron chi connectivity index (χ3n) is 3.38. The smallest absolute Gasteiger partial charge is 0.0411 e. The fourth-order valence-corrected chi connectivity index (χ4v) is 2.62. The second-order valence-electron chi connectivity index (χ2n) is 4.25. The molecule has 13 heavy (non-hydrogen) atoms. The van der Waals surface area contributed by atoms with E-state index < -0.39 is 0 Å². The zero-order valence-electron chi connectivity index (χ0n) is 8.15. The van der Waals surface area contributed by atoms with Crippen molar-refractivity contribution >= 4 is 0 Å². The molecule has 2 aliphatic rings. The van der Waals surface area contributed by atoms with Gasteiger partial charge in [-0.2, -0.15) is 0 Å². The lowest BCUT2D eigenvalue weighted by Crippen LogP contribution is -2.55. The van der Waals surface area contributed by atoms with E-state index in [-0.39, 0.29) is 0 Å². The molecule has 0 aromatic heterocycles. The quantitative estimate of drug-likeness (QED) is 0.565. The van der Waals surface area contributed by atoms with Gasteiger partial charge in [-0.1, -0.05) is 6.42 Å². The molecule has 76 valence electrons. The number of nitrogens with zero attached hydrogens (tertiary/aromatic N) is 2. The Labute approximate surface area is 79.8 Å². The number of rotatable bonds is 1. The fraction of sp³-hybridized carbons (Fsp3) is 1.00. The fourth-order valence-electron chi connectivity index (χ4n) is 2.62. The summed E-state index contributed by atoms with van der Waals surface area (Å²) < 4.78 is 0. The second-order valence-corrected chi connectivity index (χ2v) is 4.25. The molecule has 2 aliphatic heterocycles. The van der Waals surface area contributed by atoms with Crippen LogP contribution in [0, 0.1) is 0 Å². The van der Waals surface area contributed by atoms with Crippen molar-refractivity contribution in [3.63, 3.8) is 0 Å². The van der Waals surface area contributed by atoms with Crippen LogP contribution in [0.25, 0.3) is 0 Å². The van der Waals surface area contributed by atoms with Gasteiger partial charge in [-0.15, -0.1) is 0 Å². The van der Waals surface area contributed by atoms with Crippen LogP contribution >= 0.6 is 0 Å². The summed E-state index contributed by atoms with van der Waals surface area (Å²) in [4.78, 5) is 0. The normalized spacial score (nSPS) is 38.3. The van der Waals surface area contributed by atoms with Crippen molar-refractivity contribution < 1.29 is 0 Å². The Morgan fingerprint density at radius 2 is 1.31 bits per heavy atom. The molecule has 0 aliphatic carbocycles. The van der Waals surface area contributed by atoms with Crippen LogP contribution < -0.4 is 11.7 Å². The highest BCUT2D eigenvalue weighted by Crippen LogP contribution is 2.25. The number of hydrogen-bond donors (Lipinski definition) is 2. The topological polar surface area (TPSA) is 58.5 Å². The van der Waals surface area contributed by atoms with Crippen molar-refractivity contribution in [3.8, 4) is 0 Å². The summed E-state index contributed by atoms with van der Waals surface area (Å²) in [5, 5.41) is 3.98. The van der Waals surface area contributed by atoms with E-state index >= 15 is 0 Å². The van der Waals surface area contributed by atoms with Crippen LogP contribution in [0.4, 0.5) is 0 Å². The van der Waals surface area contributed by atoms with E-state index in [9.17, 15) is 0 Å². The second kappa shape index (κ2) is 3.92. The summed E-state index contributed by atoms with van der Waals surface area (Å²) in [7, 11) is 0. The first-order valence-electron chi connectivity index (χ1n) is 5.32. The van der Waals surface area contributed by atoms with Crippen molar-refractivity contribution in [2.45, 2.75) is 44.2 Å². The van der Waals surface area contributed by atoms with Crippen molar-refractivity contribution in [2.24, 2.45) is 11.7 Å². The van der Waals surface area contributed by atoms with E-state index in [1.807, 2.05) is 10.0 Å². The minimum atomic E-state index is 0.501. The highest BCUT2D eigenvalue weighted by atomic mass is 15.5. The Kier molecular flexibility index (Phi) is 2.83. The summed E-state index contributed by atoms with van der Waals surface area (Å²) in [6, 6.07) is 1.01. The summed E-state index contributed by atoms with van der Waals surface area (Å²) in [5.41, 5.74) is 0. The Balaban J connectivity index is 1.97. The molecule has 0 spiro atoms. The van der Waals surface area contributed by atoms with Crippen LogP contribution in [0.2, 0.25) is 0 Å². The average molecular weight is 184 g/mol. The van der Waals surface area contributed by atoms with Crippen molar-refractivity contribution in [1.29, 1.82) is 0 Å². The average Bonchev–Trinajstić information content (AvgIpc) is 2.52. The molecule has 2 heterocycles. The third-order valence-corrected chi connectivity index (χ3v) is 3.38. The van der Waals surface area contributed by atoms with Gasteiger partial charge in [-0.25, -0.2) is 10.0 Å². The largest absolute Gasteiger partial charge is 0.268 e. The zero-order chi connectivity index (χ0) is 9.26. The lowest BCUT2D eigenvalue weighted by atomic mass is 9.96. The summed E-state index contributed by atoms with van der Waals surface area (Å²) in [6.45, 7) is 2.07. The molecule has 0 amide bonds. The molecule has 2 saturated heterocycles. The van der Waals surface area contributed by atoms with E-state index in [1.165, 1.54) is 32.1 Å². The first kappa shape index (κ1) is 9.40. The molecule has 0 aromatic carbocycles. The summed E-state index contributed by atoms with van der Waals surface area (Å²) >= 11 is 0. The number of piperidine rings is 1. The van der Waals surface area contributed by atoms with E-state index in [4.69, 9.17) is 11.7 Å². The van der Waals surface area contributed by atoms with E-state index in [2.05, 4.69) is 0 Å². The number of hydrogen-bond acceptors (Lipinski definition) is 4. The third kappa shape index (κ3) is 1.86. The molecule has 0 radical (unpaired) electrons. The maximum Gasteiger partial charge on any atom is 0.0411 e. The zero-order valence-corrected chi connectivity index (χ0v) is 8.15. The summed E-state index contributed by atoms with van der Waals surface area (Å²) in [5.74, 6) is 11.9. The predicted molar refractivity (Wildman–Crippen MR) is 52.4 cm³/mol. The van der Waals surface area contributed by atoms with Gasteiger partial charge in [-0.05, 0) is 25.7 Å². The van der Waals surface area contributed by atoms with Crippen LogP contribution in [0.1, 0.15) is 32.1 Å². The molecular formula is C9H20N4. The highest BCUT2D eigenvalue weighted by molar-refractivity contribution is 4.88. The number of nitrogens with two attached hydrogens (primary N) is 2. The molecular weight excluding hydrogens is 164 g/mol. The Morgan fingerprint density at radius 3 is 1.85 bits per heavy atom. The monoisotopic (exact) mass is 184 g/mol. The highest BCUT2D eigenvalue weighted by Gasteiger charge is 2.33. The molecule has 2 fully saturated rings. The Bertz CT molecular complexity index is 173. The first-order chi connectivity index (χ1) is 6.29. The molecule has 2 atom stereocenters. The Morgan fingerprint density at radius 1 is 0.769 bits per heavy atom. The summed E-state index contributed by atoms with van der Waals surface area (Å²) in [6.07, 6.45) is 6.21. The minimum absolute atomic E-state index is 0.501. The van der Waals surface area contributed by atoms with Crippen LogP contribution in [-0.4, -0.2) is 35.2 Å². The van der Waals surface area contributed by atoms with Gasteiger partial charge in [0.25, 0.3) is 0 Å². The Hall–Kier alpha value is -0.160. The van der Waals surface area contributed by atoms with Gasteiger partial charge in [0.05, 0.1) is 0 Å². The molecule has 2 unspecified atom stereocenters. The van der Waals surface area contributed by atoms with Crippen LogP contribution in [0.5, 0.6) is 0 Å². The molecule has 0 saturated carbocycles. The molecule has 4 nitrogen and oxygen atoms in total. The number of hydrazine groups is 2. The molecule has 2 rings (SSSR count). The van der Waals surface area contributed by atoms with E-state index in [0.29, 0.717) is 12.1 Å². The maximum absolute atomic E-state index is 5.97. The van der Waals surface area contributed by atoms with Crippen LogP contribution in [-0.2, 0) is 0 Å². The van der Waals surface area contributed by atoms with Gasteiger partial charge in [0, 0.05) is 25.2 Å². The lowest BCUT2D eigenvalue weighted by Gasteiger charge is -2.38. The van der Waals surface area contributed by atoms with E-state index in [0.717, 1.165) is 13.1 Å². The maximum atomic E-state index is 5.97. The van der Waals surface area contributed by atoms with Gasteiger partial charge in [0.2, 0.25) is 0 Å². The van der Waals surface area contributed by atoms with Gasteiger partial charge in [-0.3, -0.25) is 11.7 Å². The van der Waals surface area contributed by atoms with Gasteiger partial charge >= 0.3 is 0 Å². The van der Waals surface area contributed by atoms with Crippen molar-refractivity contribution in [1.82, 2.24) is 10.0 Å². The molecule has 4 heteroatoms. The van der Waals surface area contributed by atoms with Gasteiger partial charge < -0.3 is 0 Å². The van der Waals surface area contributed by atoms with E-state index in [1.54, 1.807) is 0 Å². The van der Waals surface area contributed by atoms with Crippen molar-refractivity contribution in [2.75, 3.05) is 13.1 Å². The van der Waals surface area contributed by atoms with Crippen LogP contribution in [0.15, 0.2) is 0 Å². The SMILES string of the molecule is NN1CCCCC1C1CCCN1N. The molecule has 0 bridgehead atoms. The van der Waals surface area contributed by atoms with Crippen LogP contribution in [0.3, 0.4) is 0 Å².